The third-order valence-corrected chi connectivity index (χ3v) is 4.08. The SMILES string of the molecule is C#CCn1c(CC)nc(C2CCC(C)CC2)c1N. The fourth-order valence-corrected chi connectivity index (χ4v) is 2.91. The van der Waals surface area contributed by atoms with Gasteiger partial charge in [-0.05, 0) is 18.8 Å². The predicted octanol–water partition coefficient (Wildman–Crippen LogP) is 2.95. The molecule has 0 amide bonds. The van der Waals surface area contributed by atoms with Crippen LogP contribution in [0.15, 0.2) is 0 Å². The molecule has 1 aliphatic carbocycles. The van der Waals surface area contributed by atoms with Gasteiger partial charge in [0.1, 0.15) is 11.6 Å². The van der Waals surface area contributed by atoms with E-state index < -0.39 is 0 Å². The monoisotopic (exact) mass is 245 g/mol. The molecule has 1 heterocycles. The second-order valence-corrected chi connectivity index (χ2v) is 5.40. The maximum absolute atomic E-state index is 6.24. The highest BCUT2D eigenvalue weighted by Gasteiger charge is 2.25. The molecule has 0 unspecified atom stereocenters. The second-order valence-electron chi connectivity index (χ2n) is 5.40. The first kappa shape index (κ1) is 13.0. The Hall–Kier alpha value is -1.43. The van der Waals surface area contributed by atoms with Crippen molar-refractivity contribution >= 4 is 5.82 Å². The number of anilines is 1. The number of nitrogen functional groups attached to an aromatic ring is 1. The molecule has 0 atom stereocenters. The molecule has 0 saturated heterocycles. The van der Waals surface area contributed by atoms with Gasteiger partial charge in [-0.15, -0.1) is 6.42 Å². The van der Waals surface area contributed by atoms with Gasteiger partial charge >= 0.3 is 0 Å². The molecule has 1 fully saturated rings. The van der Waals surface area contributed by atoms with E-state index in [1.165, 1.54) is 25.7 Å². The molecule has 1 aromatic heterocycles. The third kappa shape index (κ3) is 2.38. The molecule has 1 aliphatic rings. The first-order valence-electron chi connectivity index (χ1n) is 6.95. The Bertz CT molecular complexity index is 445. The summed E-state index contributed by atoms with van der Waals surface area (Å²) >= 11 is 0. The Morgan fingerprint density at radius 3 is 2.61 bits per heavy atom. The molecule has 1 saturated carbocycles. The van der Waals surface area contributed by atoms with Gasteiger partial charge in [-0.25, -0.2) is 4.98 Å². The van der Waals surface area contributed by atoms with E-state index in [1.807, 2.05) is 4.57 Å². The van der Waals surface area contributed by atoms with E-state index in [4.69, 9.17) is 17.1 Å². The Kier molecular flexibility index (Phi) is 3.96. The van der Waals surface area contributed by atoms with Gasteiger partial charge in [-0.1, -0.05) is 32.6 Å². The Labute approximate surface area is 110 Å². The molecule has 0 aliphatic heterocycles. The Morgan fingerprint density at radius 1 is 1.39 bits per heavy atom. The third-order valence-electron chi connectivity index (χ3n) is 4.08. The molecule has 2 rings (SSSR count). The summed E-state index contributed by atoms with van der Waals surface area (Å²) in [7, 11) is 0. The van der Waals surface area contributed by atoms with Crippen LogP contribution in [0.5, 0.6) is 0 Å². The van der Waals surface area contributed by atoms with Crippen molar-refractivity contribution in [1.29, 1.82) is 0 Å². The zero-order valence-electron chi connectivity index (χ0n) is 11.4. The van der Waals surface area contributed by atoms with Gasteiger partial charge in [-0.2, -0.15) is 0 Å². The molecular weight excluding hydrogens is 222 g/mol. The number of rotatable bonds is 3. The van der Waals surface area contributed by atoms with Gasteiger partial charge in [0.05, 0.1) is 12.2 Å². The van der Waals surface area contributed by atoms with E-state index in [9.17, 15) is 0 Å². The first-order valence-corrected chi connectivity index (χ1v) is 6.95. The van der Waals surface area contributed by atoms with Gasteiger partial charge < -0.3 is 10.3 Å². The van der Waals surface area contributed by atoms with Crippen LogP contribution in [-0.4, -0.2) is 9.55 Å². The van der Waals surface area contributed by atoms with Crippen LogP contribution in [0.4, 0.5) is 5.82 Å². The van der Waals surface area contributed by atoms with E-state index >= 15 is 0 Å². The minimum Gasteiger partial charge on any atom is -0.384 e. The van der Waals surface area contributed by atoms with Gasteiger partial charge in [0, 0.05) is 12.3 Å². The average Bonchev–Trinajstić information content (AvgIpc) is 2.69. The summed E-state index contributed by atoms with van der Waals surface area (Å²) in [5, 5.41) is 0. The summed E-state index contributed by atoms with van der Waals surface area (Å²) < 4.78 is 1.99. The van der Waals surface area contributed by atoms with Crippen molar-refractivity contribution in [2.24, 2.45) is 5.92 Å². The smallest absolute Gasteiger partial charge is 0.127 e. The Balaban J connectivity index is 2.26. The highest BCUT2D eigenvalue weighted by molar-refractivity contribution is 5.41. The highest BCUT2D eigenvalue weighted by Crippen LogP contribution is 2.37. The maximum Gasteiger partial charge on any atom is 0.127 e. The van der Waals surface area contributed by atoms with Crippen LogP contribution >= 0.6 is 0 Å². The summed E-state index contributed by atoms with van der Waals surface area (Å²) in [6, 6.07) is 0. The van der Waals surface area contributed by atoms with E-state index in [0.717, 1.165) is 29.7 Å². The van der Waals surface area contributed by atoms with Crippen molar-refractivity contribution in [3.8, 4) is 12.3 Å². The minimum atomic E-state index is 0.533. The van der Waals surface area contributed by atoms with Crippen molar-refractivity contribution < 1.29 is 0 Å². The van der Waals surface area contributed by atoms with Crippen LogP contribution in [0.3, 0.4) is 0 Å². The molecule has 98 valence electrons. The molecule has 0 spiro atoms. The maximum atomic E-state index is 6.24. The molecular formula is C15H23N3. The van der Waals surface area contributed by atoms with Crippen molar-refractivity contribution in [3.63, 3.8) is 0 Å². The van der Waals surface area contributed by atoms with Crippen molar-refractivity contribution in [3.05, 3.63) is 11.5 Å². The van der Waals surface area contributed by atoms with E-state index in [2.05, 4.69) is 19.8 Å². The fourth-order valence-electron chi connectivity index (χ4n) is 2.91. The van der Waals surface area contributed by atoms with Crippen LogP contribution in [0, 0.1) is 18.3 Å². The number of hydrogen-bond donors (Lipinski definition) is 1. The lowest BCUT2D eigenvalue weighted by Crippen LogP contribution is -2.13. The first-order chi connectivity index (χ1) is 8.67. The van der Waals surface area contributed by atoms with Crippen LogP contribution in [0.25, 0.3) is 0 Å². The molecule has 3 heteroatoms. The number of imidazole rings is 1. The largest absolute Gasteiger partial charge is 0.384 e. The lowest BCUT2D eigenvalue weighted by atomic mass is 9.81. The average molecular weight is 245 g/mol. The lowest BCUT2D eigenvalue weighted by Gasteiger charge is -2.25. The number of terminal acetylenes is 1. The van der Waals surface area contributed by atoms with Gasteiger partial charge in [0.15, 0.2) is 0 Å². The summed E-state index contributed by atoms with van der Waals surface area (Å²) in [6.45, 7) is 4.96. The summed E-state index contributed by atoms with van der Waals surface area (Å²) in [6.07, 6.45) is 11.3. The molecule has 0 bridgehead atoms. The number of aryl methyl sites for hydroxylation is 1. The normalized spacial score (nSPS) is 23.8. The van der Waals surface area contributed by atoms with Crippen LogP contribution in [0.1, 0.15) is 57.0 Å². The molecule has 3 nitrogen and oxygen atoms in total. The minimum absolute atomic E-state index is 0.533. The standard InChI is InChI=1S/C15H23N3/c1-4-10-18-13(5-2)17-14(15(18)16)12-8-6-11(3)7-9-12/h1,11-12H,5-10,16H2,2-3H3. The highest BCUT2D eigenvalue weighted by atomic mass is 15.1. The van der Waals surface area contributed by atoms with E-state index in [1.54, 1.807) is 0 Å². The van der Waals surface area contributed by atoms with Crippen molar-refractivity contribution in [2.45, 2.75) is 58.4 Å². The summed E-state index contributed by atoms with van der Waals surface area (Å²) in [5.74, 6) is 5.87. The molecule has 18 heavy (non-hydrogen) atoms. The lowest BCUT2D eigenvalue weighted by molar-refractivity contribution is 0.345. The fraction of sp³-hybridized carbons (Fsp3) is 0.667. The number of aromatic nitrogens is 2. The van der Waals surface area contributed by atoms with E-state index in [0.29, 0.717) is 12.5 Å². The van der Waals surface area contributed by atoms with Crippen LogP contribution < -0.4 is 5.73 Å². The van der Waals surface area contributed by atoms with Crippen LogP contribution in [-0.2, 0) is 13.0 Å². The molecule has 0 radical (unpaired) electrons. The van der Waals surface area contributed by atoms with Gasteiger partial charge in [0.25, 0.3) is 0 Å². The summed E-state index contributed by atoms with van der Waals surface area (Å²) in [4.78, 5) is 4.74. The molecule has 1 aromatic rings. The topological polar surface area (TPSA) is 43.8 Å². The van der Waals surface area contributed by atoms with Gasteiger partial charge in [-0.3, -0.25) is 0 Å². The Morgan fingerprint density at radius 2 is 2.06 bits per heavy atom. The summed E-state index contributed by atoms with van der Waals surface area (Å²) in [5.41, 5.74) is 7.33. The van der Waals surface area contributed by atoms with Gasteiger partial charge in [0.2, 0.25) is 0 Å². The zero-order chi connectivity index (χ0) is 13.1. The number of nitrogens with two attached hydrogens (primary N) is 1. The predicted molar refractivity (Wildman–Crippen MR) is 75.2 cm³/mol. The number of hydrogen-bond acceptors (Lipinski definition) is 2. The molecule has 0 aromatic carbocycles. The van der Waals surface area contributed by atoms with Crippen molar-refractivity contribution in [2.75, 3.05) is 5.73 Å². The van der Waals surface area contributed by atoms with E-state index in [-0.39, 0.29) is 0 Å². The van der Waals surface area contributed by atoms with Crippen molar-refractivity contribution in [1.82, 2.24) is 9.55 Å². The molecule has 2 N–H and O–H groups in total. The zero-order valence-corrected chi connectivity index (χ0v) is 11.4. The van der Waals surface area contributed by atoms with Crippen LogP contribution in [0.2, 0.25) is 0 Å². The second kappa shape index (κ2) is 5.48. The number of nitrogens with zero attached hydrogens (tertiary/aromatic N) is 2. The quantitative estimate of drug-likeness (QED) is 0.832.